The highest BCUT2D eigenvalue weighted by Gasteiger charge is 1.97. The predicted molar refractivity (Wildman–Crippen MR) is 64.6 cm³/mol. The van der Waals surface area contributed by atoms with Crippen LogP contribution in [0.5, 0.6) is 0 Å². The highest BCUT2D eigenvalue weighted by atomic mass is 127. The lowest BCUT2D eigenvalue weighted by atomic mass is 10.1. The van der Waals surface area contributed by atoms with Crippen LogP contribution in [-0.4, -0.2) is 0 Å². The van der Waals surface area contributed by atoms with E-state index in [9.17, 15) is 0 Å². The van der Waals surface area contributed by atoms with Crippen LogP contribution >= 0.6 is 22.6 Å². The highest BCUT2D eigenvalue weighted by molar-refractivity contribution is 14.1. The van der Waals surface area contributed by atoms with Crippen molar-refractivity contribution in [3.63, 3.8) is 0 Å². The predicted octanol–water partition coefficient (Wildman–Crippen LogP) is 2.90. The molecule has 1 nitrogen and oxygen atoms in total. The maximum atomic E-state index is 5.58. The number of nitrogens with two attached hydrogens (primary N) is 1. The standard InChI is InChI=1S/C11H10IN/c12-11-3-1-2-9-6-8(7-13)4-5-10(9)11/h1-6H,7,13H2. The molecule has 0 saturated carbocycles. The first-order chi connectivity index (χ1) is 6.31. The van der Waals surface area contributed by atoms with Gasteiger partial charge in [0.2, 0.25) is 0 Å². The molecular weight excluding hydrogens is 273 g/mol. The van der Waals surface area contributed by atoms with Crippen LogP contribution in [0.2, 0.25) is 0 Å². The lowest BCUT2D eigenvalue weighted by molar-refractivity contribution is 1.08. The molecule has 2 aromatic carbocycles. The molecule has 0 unspecified atom stereocenters. The Morgan fingerprint density at radius 1 is 1.15 bits per heavy atom. The van der Waals surface area contributed by atoms with E-state index in [1.54, 1.807) is 0 Å². The fourth-order valence-corrected chi connectivity index (χ4v) is 2.12. The second-order valence-corrected chi connectivity index (χ2v) is 4.16. The molecule has 0 aliphatic heterocycles. The first-order valence-corrected chi connectivity index (χ1v) is 5.26. The molecule has 0 spiro atoms. The molecule has 66 valence electrons. The van der Waals surface area contributed by atoms with Gasteiger partial charge < -0.3 is 5.73 Å². The number of fused-ring (bicyclic) bond motifs is 1. The van der Waals surface area contributed by atoms with Crippen LogP contribution < -0.4 is 5.73 Å². The molecular formula is C11H10IN. The highest BCUT2D eigenvalue weighted by Crippen LogP contribution is 2.21. The summed E-state index contributed by atoms with van der Waals surface area (Å²) in [6, 6.07) is 12.7. The van der Waals surface area contributed by atoms with Crippen LogP contribution in [0, 0.1) is 3.57 Å². The third-order valence-corrected chi connectivity index (χ3v) is 3.07. The lowest BCUT2D eigenvalue weighted by Crippen LogP contribution is -1.95. The van der Waals surface area contributed by atoms with Gasteiger partial charge >= 0.3 is 0 Å². The molecule has 0 aliphatic rings. The summed E-state index contributed by atoms with van der Waals surface area (Å²) in [5.74, 6) is 0. The van der Waals surface area contributed by atoms with Gasteiger partial charge in [-0.2, -0.15) is 0 Å². The summed E-state index contributed by atoms with van der Waals surface area (Å²) in [6.07, 6.45) is 0. The van der Waals surface area contributed by atoms with Crippen LogP contribution in [-0.2, 0) is 6.54 Å². The van der Waals surface area contributed by atoms with E-state index in [1.165, 1.54) is 19.9 Å². The SMILES string of the molecule is NCc1ccc2c(I)cccc2c1. The number of benzene rings is 2. The molecule has 0 fully saturated rings. The summed E-state index contributed by atoms with van der Waals surface area (Å²) in [7, 11) is 0. The zero-order valence-electron chi connectivity index (χ0n) is 7.13. The minimum atomic E-state index is 0.613. The Kier molecular flexibility index (Phi) is 2.51. The van der Waals surface area contributed by atoms with Gasteiger partial charge in [0, 0.05) is 10.1 Å². The average molecular weight is 283 g/mol. The molecule has 2 N–H and O–H groups in total. The first kappa shape index (κ1) is 8.97. The number of rotatable bonds is 1. The van der Waals surface area contributed by atoms with Crippen molar-refractivity contribution in [1.29, 1.82) is 0 Å². The van der Waals surface area contributed by atoms with E-state index in [1.807, 2.05) is 0 Å². The van der Waals surface area contributed by atoms with Crippen molar-refractivity contribution in [2.75, 3.05) is 0 Å². The minimum absolute atomic E-state index is 0.613. The second kappa shape index (κ2) is 3.64. The van der Waals surface area contributed by atoms with E-state index in [0.717, 1.165) is 0 Å². The Bertz CT molecular complexity index is 437. The van der Waals surface area contributed by atoms with Gasteiger partial charge in [0.05, 0.1) is 0 Å². The Hall–Kier alpha value is -0.610. The minimum Gasteiger partial charge on any atom is -0.326 e. The van der Waals surface area contributed by atoms with Crippen molar-refractivity contribution < 1.29 is 0 Å². The van der Waals surface area contributed by atoms with Crippen molar-refractivity contribution in [1.82, 2.24) is 0 Å². The monoisotopic (exact) mass is 283 g/mol. The Balaban J connectivity index is 2.72. The van der Waals surface area contributed by atoms with E-state index >= 15 is 0 Å². The van der Waals surface area contributed by atoms with Crippen LogP contribution in [0.4, 0.5) is 0 Å². The van der Waals surface area contributed by atoms with Crippen molar-refractivity contribution in [2.45, 2.75) is 6.54 Å². The molecule has 2 aromatic rings. The zero-order valence-corrected chi connectivity index (χ0v) is 9.28. The van der Waals surface area contributed by atoms with E-state index in [0.29, 0.717) is 6.54 Å². The topological polar surface area (TPSA) is 26.0 Å². The number of hydrogen-bond acceptors (Lipinski definition) is 1. The van der Waals surface area contributed by atoms with Gasteiger partial charge in [-0.15, -0.1) is 0 Å². The molecule has 2 rings (SSSR count). The van der Waals surface area contributed by atoms with Crippen LogP contribution in [0.1, 0.15) is 5.56 Å². The largest absolute Gasteiger partial charge is 0.326 e. The lowest BCUT2D eigenvalue weighted by Gasteiger charge is -2.02. The van der Waals surface area contributed by atoms with Gasteiger partial charge in [-0.05, 0) is 51.1 Å². The summed E-state index contributed by atoms with van der Waals surface area (Å²) in [4.78, 5) is 0. The fourth-order valence-electron chi connectivity index (χ4n) is 1.42. The Labute approximate surface area is 91.1 Å². The van der Waals surface area contributed by atoms with Gasteiger partial charge in [-0.25, -0.2) is 0 Å². The van der Waals surface area contributed by atoms with E-state index in [-0.39, 0.29) is 0 Å². The third kappa shape index (κ3) is 1.69. The summed E-state index contributed by atoms with van der Waals surface area (Å²) in [5.41, 5.74) is 6.77. The van der Waals surface area contributed by atoms with Gasteiger partial charge in [0.25, 0.3) is 0 Å². The number of halogens is 1. The molecule has 0 radical (unpaired) electrons. The normalized spacial score (nSPS) is 10.6. The maximum Gasteiger partial charge on any atom is 0.0208 e. The molecule has 2 heteroatoms. The van der Waals surface area contributed by atoms with E-state index in [2.05, 4.69) is 59.0 Å². The van der Waals surface area contributed by atoms with Gasteiger partial charge in [0.1, 0.15) is 0 Å². The summed E-state index contributed by atoms with van der Waals surface area (Å²) in [5, 5.41) is 2.58. The van der Waals surface area contributed by atoms with Crippen molar-refractivity contribution in [3.05, 3.63) is 45.5 Å². The molecule has 0 bridgehead atoms. The maximum absolute atomic E-state index is 5.58. The second-order valence-electron chi connectivity index (χ2n) is 3.00. The molecule has 0 heterocycles. The van der Waals surface area contributed by atoms with E-state index in [4.69, 9.17) is 5.73 Å². The van der Waals surface area contributed by atoms with Crippen LogP contribution in [0.15, 0.2) is 36.4 Å². The van der Waals surface area contributed by atoms with Crippen LogP contribution in [0.25, 0.3) is 10.8 Å². The molecule has 0 saturated heterocycles. The Morgan fingerprint density at radius 2 is 2.00 bits per heavy atom. The molecule has 0 atom stereocenters. The van der Waals surface area contributed by atoms with E-state index < -0.39 is 0 Å². The first-order valence-electron chi connectivity index (χ1n) is 4.18. The molecule has 0 amide bonds. The average Bonchev–Trinajstić information content (AvgIpc) is 2.18. The fraction of sp³-hybridized carbons (Fsp3) is 0.0909. The molecule has 0 aliphatic carbocycles. The van der Waals surface area contributed by atoms with Crippen LogP contribution in [0.3, 0.4) is 0 Å². The van der Waals surface area contributed by atoms with Crippen molar-refractivity contribution >= 4 is 33.4 Å². The van der Waals surface area contributed by atoms with Gasteiger partial charge in [0.15, 0.2) is 0 Å². The summed E-state index contributed by atoms with van der Waals surface area (Å²) < 4.78 is 1.29. The Morgan fingerprint density at radius 3 is 2.77 bits per heavy atom. The van der Waals surface area contributed by atoms with Crippen molar-refractivity contribution in [2.24, 2.45) is 5.73 Å². The smallest absolute Gasteiger partial charge is 0.0208 e. The quantitative estimate of drug-likeness (QED) is 0.800. The van der Waals surface area contributed by atoms with Crippen molar-refractivity contribution in [3.8, 4) is 0 Å². The summed E-state index contributed by atoms with van der Waals surface area (Å²) in [6.45, 7) is 0.613. The van der Waals surface area contributed by atoms with Gasteiger partial charge in [-0.3, -0.25) is 0 Å². The number of hydrogen-bond donors (Lipinski definition) is 1. The molecule has 0 aromatic heterocycles. The third-order valence-electron chi connectivity index (χ3n) is 2.13. The molecule has 13 heavy (non-hydrogen) atoms. The summed E-state index contributed by atoms with van der Waals surface area (Å²) >= 11 is 2.35. The van der Waals surface area contributed by atoms with Gasteiger partial charge in [-0.1, -0.05) is 24.3 Å². The zero-order chi connectivity index (χ0) is 9.26.